The predicted molar refractivity (Wildman–Crippen MR) is 79.7 cm³/mol. The number of rotatable bonds is 3. The van der Waals surface area contributed by atoms with Gasteiger partial charge in [0.2, 0.25) is 0 Å². The van der Waals surface area contributed by atoms with Gasteiger partial charge in [-0.15, -0.1) is 0 Å². The molecule has 1 atom stereocenters. The first-order valence-corrected chi connectivity index (χ1v) is 8.62. The summed E-state index contributed by atoms with van der Waals surface area (Å²) in [5.74, 6) is 0.974. The van der Waals surface area contributed by atoms with Crippen molar-refractivity contribution in [1.29, 1.82) is 0 Å². The summed E-state index contributed by atoms with van der Waals surface area (Å²) in [6, 6.07) is 9.64. The van der Waals surface area contributed by atoms with E-state index in [-0.39, 0.29) is 11.0 Å². The van der Waals surface area contributed by atoms with E-state index in [0.29, 0.717) is 23.6 Å². The van der Waals surface area contributed by atoms with Crippen LogP contribution in [0.2, 0.25) is 0 Å². The maximum absolute atomic E-state index is 12.0. The van der Waals surface area contributed by atoms with Crippen molar-refractivity contribution < 1.29 is 8.42 Å². The summed E-state index contributed by atoms with van der Waals surface area (Å²) < 4.78 is 26.2. The van der Waals surface area contributed by atoms with Crippen LogP contribution in [-0.4, -0.2) is 34.2 Å². The lowest BCUT2D eigenvalue weighted by atomic mass is 10.2. The molecule has 1 aliphatic rings. The highest BCUT2D eigenvalue weighted by Crippen LogP contribution is 2.24. The highest BCUT2D eigenvalue weighted by molar-refractivity contribution is 7.92. The van der Waals surface area contributed by atoms with Crippen molar-refractivity contribution in [3.8, 4) is 11.4 Å². The van der Waals surface area contributed by atoms with Gasteiger partial charge in [0.1, 0.15) is 0 Å². The van der Waals surface area contributed by atoms with E-state index in [9.17, 15) is 8.42 Å². The molecule has 0 aliphatic carbocycles. The summed E-state index contributed by atoms with van der Waals surface area (Å²) in [4.78, 5) is 0. The van der Waals surface area contributed by atoms with Gasteiger partial charge < -0.3 is 0 Å². The number of benzene rings is 1. The Labute approximate surface area is 122 Å². The van der Waals surface area contributed by atoms with E-state index in [0.717, 1.165) is 12.0 Å². The number of aromatic amines is 1. The standard InChI is InChI=1S/C13H15N3O2S2/c17-20(18)8-4-7-11(20)9-16-12(14-15-13(16)19)10-5-2-1-3-6-10/h1-3,5-6,11H,4,7-9H2,(H,15,19). The molecule has 1 aromatic carbocycles. The molecule has 106 valence electrons. The van der Waals surface area contributed by atoms with Crippen LogP contribution in [0.15, 0.2) is 30.3 Å². The van der Waals surface area contributed by atoms with Crippen LogP contribution in [0, 0.1) is 4.77 Å². The van der Waals surface area contributed by atoms with Crippen molar-refractivity contribution in [3.63, 3.8) is 0 Å². The number of aromatic nitrogens is 3. The number of hydrogen-bond acceptors (Lipinski definition) is 4. The van der Waals surface area contributed by atoms with Crippen molar-refractivity contribution in [1.82, 2.24) is 14.8 Å². The molecule has 20 heavy (non-hydrogen) atoms. The highest BCUT2D eigenvalue weighted by atomic mass is 32.2. The molecule has 1 saturated heterocycles. The first kappa shape index (κ1) is 13.5. The first-order valence-electron chi connectivity index (χ1n) is 6.50. The molecule has 1 fully saturated rings. The SMILES string of the molecule is O=S1(=O)CCCC1Cn1c(-c2ccccc2)n[nH]c1=S. The fourth-order valence-electron chi connectivity index (χ4n) is 2.56. The van der Waals surface area contributed by atoms with Gasteiger partial charge in [0.05, 0.1) is 11.0 Å². The Morgan fingerprint density at radius 1 is 1.35 bits per heavy atom. The summed E-state index contributed by atoms with van der Waals surface area (Å²) >= 11 is 5.23. The van der Waals surface area contributed by atoms with Gasteiger partial charge in [0.25, 0.3) is 0 Å². The second-order valence-electron chi connectivity index (χ2n) is 4.96. The van der Waals surface area contributed by atoms with Gasteiger partial charge in [-0.1, -0.05) is 30.3 Å². The van der Waals surface area contributed by atoms with Crippen LogP contribution < -0.4 is 0 Å². The molecule has 5 nitrogen and oxygen atoms in total. The molecule has 0 bridgehead atoms. The molecule has 7 heteroatoms. The van der Waals surface area contributed by atoms with Crippen LogP contribution in [0.1, 0.15) is 12.8 Å². The van der Waals surface area contributed by atoms with E-state index in [1.54, 1.807) is 4.57 Å². The maximum Gasteiger partial charge on any atom is 0.195 e. The number of sulfone groups is 1. The minimum Gasteiger partial charge on any atom is -0.299 e. The van der Waals surface area contributed by atoms with Gasteiger partial charge in [-0.3, -0.25) is 9.67 Å². The molecule has 1 aliphatic heterocycles. The van der Waals surface area contributed by atoms with E-state index < -0.39 is 9.84 Å². The lowest BCUT2D eigenvalue weighted by molar-refractivity contribution is 0.565. The molecule has 2 aromatic rings. The normalized spacial score (nSPS) is 21.1. The molecule has 1 N–H and O–H groups in total. The Hall–Kier alpha value is -1.47. The van der Waals surface area contributed by atoms with Crippen LogP contribution in [0.25, 0.3) is 11.4 Å². The smallest absolute Gasteiger partial charge is 0.195 e. The van der Waals surface area contributed by atoms with Crippen molar-refractivity contribution in [3.05, 3.63) is 35.1 Å². The molecule has 1 aromatic heterocycles. The second-order valence-corrected chi connectivity index (χ2v) is 7.75. The largest absolute Gasteiger partial charge is 0.299 e. The summed E-state index contributed by atoms with van der Waals surface area (Å²) in [5.41, 5.74) is 0.926. The highest BCUT2D eigenvalue weighted by Gasteiger charge is 2.32. The van der Waals surface area contributed by atoms with E-state index in [1.807, 2.05) is 30.3 Å². The quantitative estimate of drug-likeness (QED) is 0.883. The number of H-pyrrole nitrogens is 1. The predicted octanol–water partition coefficient (Wildman–Crippen LogP) is 2.18. The van der Waals surface area contributed by atoms with Gasteiger partial charge >= 0.3 is 0 Å². The lowest BCUT2D eigenvalue weighted by Crippen LogP contribution is -2.22. The van der Waals surface area contributed by atoms with Gasteiger partial charge in [-0.25, -0.2) is 8.42 Å². The molecule has 1 unspecified atom stereocenters. The zero-order valence-electron chi connectivity index (χ0n) is 10.8. The van der Waals surface area contributed by atoms with E-state index in [1.165, 1.54) is 0 Å². The Balaban J connectivity index is 1.99. The third-order valence-corrected chi connectivity index (χ3v) is 6.21. The molecule has 0 spiro atoms. The Kier molecular flexibility index (Phi) is 3.47. The van der Waals surface area contributed by atoms with Gasteiger partial charge in [-0.05, 0) is 25.1 Å². The monoisotopic (exact) mass is 309 g/mol. The minimum atomic E-state index is -2.99. The van der Waals surface area contributed by atoms with Crippen molar-refractivity contribution >= 4 is 22.1 Å². The third-order valence-electron chi connectivity index (χ3n) is 3.64. The van der Waals surface area contributed by atoms with Crippen LogP contribution in [-0.2, 0) is 16.4 Å². The van der Waals surface area contributed by atoms with Crippen molar-refractivity contribution in [2.45, 2.75) is 24.6 Å². The van der Waals surface area contributed by atoms with Gasteiger partial charge in [0.15, 0.2) is 20.4 Å². The second kappa shape index (κ2) is 5.14. The third kappa shape index (κ3) is 2.43. The van der Waals surface area contributed by atoms with Crippen molar-refractivity contribution in [2.24, 2.45) is 0 Å². The fourth-order valence-corrected chi connectivity index (χ4v) is 4.57. The Bertz CT molecular complexity index is 762. The molecule has 0 radical (unpaired) electrons. The van der Waals surface area contributed by atoms with Crippen LogP contribution in [0.4, 0.5) is 0 Å². The average molecular weight is 309 g/mol. The first-order chi connectivity index (χ1) is 9.58. The van der Waals surface area contributed by atoms with Crippen LogP contribution in [0.5, 0.6) is 0 Å². The average Bonchev–Trinajstić information content (AvgIpc) is 2.96. The molecule has 0 saturated carbocycles. The van der Waals surface area contributed by atoms with E-state index in [2.05, 4.69) is 10.2 Å². The molecular formula is C13H15N3O2S2. The Morgan fingerprint density at radius 3 is 2.75 bits per heavy atom. The Morgan fingerprint density at radius 2 is 2.10 bits per heavy atom. The topological polar surface area (TPSA) is 67.8 Å². The molecule has 0 amide bonds. The van der Waals surface area contributed by atoms with Gasteiger partial charge in [-0.2, -0.15) is 5.10 Å². The minimum absolute atomic E-state index is 0.281. The summed E-state index contributed by atoms with van der Waals surface area (Å²) in [7, 11) is -2.99. The maximum atomic E-state index is 12.0. The number of hydrogen-bond donors (Lipinski definition) is 1. The molecular weight excluding hydrogens is 294 g/mol. The van der Waals surface area contributed by atoms with Crippen LogP contribution in [0.3, 0.4) is 0 Å². The summed E-state index contributed by atoms with van der Waals surface area (Å²) in [6.45, 7) is 0.377. The van der Waals surface area contributed by atoms with E-state index in [4.69, 9.17) is 12.2 Å². The van der Waals surface area contributed by atoms with Crippen LogP contribution >= 0.6 is 12.2 Å². The number of nitrogens with zero attached hydrogens (tertiary/aromatic N) is 2. The van der Waals surface area contributed by atoms with Crippen molar-refractivity contribution in [2.75, 3.05) is 5.75 Å². The lowest BCUT2D eigenvalue weighted by Gasteiger charge is -2.12. The summed E-state index contributed by atoms with van der Waals surface area (Å²) in [5, 5.41) is 6.63. The molecule has 3 rings (SSSR count). The fraction of sp³-hybridized carbons (Fsp3) is 0.385. The van der Waals surface area contributed by atoms with E-state index >= 15 is 0 Å². The number of nitrogens with one attached hydrogen (secondary N) is 1. The zero-order valence-corrected chi connectivity index (χ0v) is 12.5. The summed E-state index contributed by atoms with van der Waals surface area (Å²) in [6.07, 6.45) is 1.43. The zero-order chi connectivity index (χ0) is 14.2. The van der Waals surface area contributed by atoms with Gasteiger partial charge in [0, 0.05) is 12.1 Å². The molecule has 2 heterocycles.